The summed E-state index contributed by atoms with van der Waals surface area (Å²) in [5.74, 6) is 0.131. The molecular weight excluding hydrogens is 126 g/mol. The van der Waals surface area contributed by atoms with E-state index in [-0.39, 0.29) is 11.8 Å². The molecule has 56 valence electrons. The van der Waals surface area contributed by atoms with Crippen LogP contribution < -0.4 is 5.73 Å². The predicted molar refractivity (Wildman–Crippen MR) is 38.2 cm³/mol. The maximum atomic E-state index is 10.7. The van der Waals surface area contributed by atoms with Crippen LogP contribution in [0.4, 0.5) is 0 Å². The Morgan fingerprint density at radius 1 is 1.40 bits per heavy atom. The van der Waals surface area contributed by atoms with Crippen molar-refractivity contribution in [2.45, 2.75) is 32.1 Å². The molecule has 2 fully saturated rings. The van der Waals surface area contributed by atoms with E-state index in [9.17, 15) is 4.79 Å². The van der Waals surface area contributed by atoms with Gasteiger partial charge >= 0.3 is 0 Å². The van der Waals surface area contributed by atoms with Crippen LogP contribution in [0.2, 0.25) is 0 Å². The van der Waals surface area contributed by atoms with E-state index >= 15 is 0 Å². The molecule has 2 aliphatic carbocycles. The highest BCUT2D eigenvalue weighted by Gasteiger charge is 2.49. The molecule has 2 aliphatic rings. The first-order valence-corrected chi connectivity index (χ1v) is 4.01. The third kappa shape index (κ3) is 0.825. The Balaban J connectivity index is 1.99. The van der Waals surface area contributed by atoms with Crippen molar-refractivity contribution in [2.75, 3.05) is 0 Å². The second-order valence-corrected chi connectivity index (χ2v) is 3.84. The Kier molecular flexibility index (Phi) is 1.08. The van der Waals surface area contributed by atoms with Gasteiger partial charge in [-0.05, 0) is 37.5 Å². The first-order valence-electron chi connectivity index (χ1n) is 4.01. The van der Waals surface area contributed by atoms with Gasteiger partial charge in [-0.15, -0.1) is 0 Å². The zero-order valence-corrected chi connectivity index (χ0v) is 6.10. The van der Waals surface area contributed by atoms with Gasteiger partial charge in [-0.3, -0.25) is 4.79 Å². The van der Waals surface area contributed by atoms with Crippen LogP contribution in [0, 0.1) is 11.3 Å². The lowest BCUT2D eigenvalue weighted by atomic mass is 10.0. The normalized spacial score (nSPS) is 34.6. The summed E-state index contributed by atoms with van der Waals surface area (Å²) in [6.45, 7) is 0. The number of rotatable bonds is 1. The number of hydrogen-bond donors (Lipinski definition) is 1. The van der Waals surface area contributed by atoms with Gasteiger partial charge in [0.25, 0.3) is 0 Å². The zero-order valence-electron chi connectivity index (χ0n) is 6.10. The number of carbonyl (C=O) groups excluding carboxylic acids is 1. The summed E-state index contributed by atoms with van der Waals surface area (Å²) in [5.41, 5.74) is 5.80. The van der Waals surface area contributed by atoms with E-state index in [0.717, 1.165) is 12.8 Å². The monoisotopic (exact) mass is 139 g/mol. The Morgan fingerprint density at radius 3 is 2.40 bits per heavy atom. The van der Waals surface area contributed by atoms with Crippen molar-refractivity contribution >= 4 is 5.91 Å². The van der Waals surface area contributed by atoms with Gasteiger partial charge < -0.3 is 5.73 Å². The van der Waals surface area contributed by atoms with Gasteiger partial charge in [0.1, 0.15) is 0 Å². The second kappa shape index (κ2) is 1.74. The molecular formula is C8H13NO. The summed E-state index contributed by atoms with van der Waals surface area (Å²) in [4.78, 5) is 10.7. The molecule has 0 radical (unpaired) electrons. The molecule has 2 nitrogen and oxygen atoms in total. The second-order valence-electron chi connectivity index (χ2n) is 3.84. The predicted octanol–water partition coefficient (Wildman–Crippen LogP) is 1.05. The fraction of sp³-hybridized carbons (Fsp3) is 0.875. The van der Waals surface area contributed by atoms with Crippen LogP contribution in [0.15, 0.2) is 0 Å². The number of hydrogen-bond acceptors (Lipinski definition) is 1. The Hall–Kier alpha value is -0.530. The minimum atomic E-state index is -0.0798. The third-order valence-electron chi connectivity index (χ3n) is 3.06. The number of carbonyl (C=O) groups is 1. The number of nitrogens with two attached hydrogens (primary N) is 1. The van der Waals surface area contributed by atoms with Gasteiger partial charge in [0, 0.05) is 5.92 Å². The van der Waals surface area contributed by atoms with E-state index in [1.807, 2.05) is 0 Å². The standard InChI is InChI=1S/C8H13NO/c9-7(10)6-1-2-8(5-6)3-4-8/h6H,1-5H2,(H2,9,10). The van der Waals surface area contributed by atoms with Gasteiger partial charge in [-0.25, -0.2) is 0 Å². The van der Waals surface area contributed by atoms with Crippen molar-refractivity contribution < 1.29 is 4.79 Å². The van der Waals surface area contributed by atoms with Crippen molar-refractivity contribution in [3.05, 3.63) is 0 Å². The summed E-state index contributed by atoms with van der Waals surface area (Å²) in [5, 5.41) is 0. The van der Waals surface area contributed by atoms with Crippen molar-refractivity contribution in [2.24, 2.45) is 17.1 Å². The van der Waals surface area contributed by atoms with Crippen molar-refractivity contribution in [3.8, 4) is 0 Å². The summed E-state index contributed by atoms with van der Waals surface area (Å²) >= 11 is 0. The van der Waals surface area contributed by atoms with Gasteiger partial charge in [0.05, 0.1) is 0 Å². The third-order valence-corrected chi connectivity index (χ3v) is 3.06. The average Bonchev–Trinajstić information content (AvgIpc) is 2.41. The van der Waals surface area contributed by atoms with Crippen LogP contribution in [0.3, 0.4) is 0 Å². The van der Waals surface area contributed by atoms with Crippen molar-refractivity contribution in [3.63, 3.8) is 0 Å². The smallest absolute Gasteiger partial charge is 0.220 e. The molecule has 0 aromatic carbocycles. The largest absolute Gasteiger partial charge is 0.369 e. The summed E-state index contributed by atoms with van der Waals surface area (Å²) in [6, 6.07) is 0. The SMILES string of the molecule is NC(=O)C1CCC2(CC2)C1. The molecule has 10 heavy (non-hydrogen) atoms. The maximum Gasteiger partial charge on any atom is 0.220 e. The molecule has 1 spiro atoms. The molecule has 1 unspecified atom stereocenters. The van der Waals surface area contributed by atoms with E-state index in [1.165, 1.54) is 19.3 Å². The summed E-state index contributed by atoms with van der Waals surface area (Å²) in [6.07, 6.45) is 6.08. The van der Waals surface area contributed by atoms with E-state index in [1.54, 1.807) is 0 Å². The molecule has 0 bridgehead atoms. The molecule has 2 rings (SSSR count). The quantitative estimate of drug-likeness (QED) is 0.579. The number of primary amides is 1. The Morgan fingerprint density at radius 2 is 2.10 bits per heavy atom. The summed E-state index contributed by atoms with van der Waals surface area (Å²) < 4.78 is 0. The lowest BCUT2D eigenvalue weighted by Crippen LogP contribution is -2.20. The molecule has 1 atom stereocenters. The van der Waals surface area contributed by atoms with Crippen LogP contribution >= 0.6 is 0 Å². The van der Waals surface area contributed by atoms with Gasteiger partial charge in [-0.2, -0.15) is 0 Å². The Labute approximate surface area is 60.8 Å². The molecule has 0 saturated heterocycles. The van der Waals surface area contributed by atoms with E-state index in [0.29, 0.717) is 5.41 Å². The molecule has 2 N–H and O–H groups in total. The van der Waals surface area contributed by atoms with E-state index < -0.39 is 0 Å². The molecule has 0 aliphatic heterocycles. The molecule has 0 heterocycles. The molecule has 0 aromatic rings. The van der Waals surface area contributed by atoms with E-state index in [4.69, 9.17) is 5.73 Å². The van der Waals surface area contributed by atoms with Crippen LogP contribution in [-0.4, -0.2) is 5.91 Å². The van der Waals surface area contributed by atoms with Crippen LogP contribution in [0.1, 0.15) is 32.1 Å². The van der Waals surface area contributed by atoms with Crippen LogP contribution in [0.25, 0.3) is 0 Å². The number of amides is 1. The first-order chi connectivity index (χ1) is 4.72. The topological polar surface area (TPSA) is 43.1 Å². The van der Waals surface area contributed by atoms with E-state index in [2.05, 4.69) is 0 Å². The highest BCUT2D eigenvalue weighted by atomic mass is 16.1. The fourth-order valence-corrected chi connectivity index (χ4v) is 2.08. The fourth-order valence-electron chi connectivity index (χ4n) is 2.08. The van der Waals surface area contributed by atoms with Gasteiger partial charge in [0.2, 0.25) is 5.91 Å². The highest BCUT2D eigenvalue weighted by molar-refractivity contribution is 5.77. The average molecular weight is 139 g/mol. The van der Waals surface area contributed by atoms with Crippen molar-refractivity contribution in [1.82, 2.24) is 0 Å². The minimum absolute atomic E-state index is 0.0798. The Bertz CT molecular complexity index is 172. The lowest BCUT2D eigenvalue weighted by molar-refractivity contribution is -0.121. The van der Waals surface area contributed by atoms with Crippen LogP contribution in [0.5, 0.6) is 0 Å². The zero-order chi connectivity index (χ0) is 7.19. The van der Waals surface area contributed by atoms with Gasteiger partial charge in [0.15, 0.2) is 0 Å². The lowest BCUT2D eigenvalue weighted by Gasteiger charge is -2.03. The highest BCUT2D eigenvalue weighted by Crippen LogP contribution is 2.59. The minimum Gasteiger partial charge on any atom is -0.369 e. The van der Waals surface area contributed by atoms with Crippen LogP contribution in [-0.2, 0) is 4.79 Å². The molecule has 2 saturated carbocycles. The first kappa shape index (κ1) is 6.20. The van der Waals surface area contributed by atoms with Crippen molar-refractivity contribution in [1.29, 1.82) is 0 Å². The molecule has 2 heteroatoms. The van der Waals surface area contributed by atoms with Gasteiger partial charge in [-0.1, -0.05) is 0 Å². The summed E-state index contributed by atoms with van der Waals surface area (Å²) in [7, 11) is 0. The molecule has 0 aromatic heterocycles. The molecule has 1 amide bonds. The maximum absolute atomic E-state index is 10.7.